The number of para-hydroxylation sites is 1. The van der Waals surface area contributed by atoms with Crippen LogP contribution in [0, 0.1) is 10.1 Å². The van der Waals surface area contributed by atoms with Crippen molar-refractivity contribution in [2.24, 2.45) is 0 Å². The fourth-order valence-electron chi connectivity index (χ4n) is 3.10. The summed E-state index contributed by atoms with van der Waals surface area (Å²) >= 11 is 4.85. The van der Waals surface area contributed by atoms with Crippen LogP contribution in [0.3, 0.4) is 0 Å². The fourth-order valence-corrected chi connectivity index (χ4v) is 4.33. The molecule has 0 amide bonds. The van der Waals surface area contributed by atoms with Crippen LogP contribution in [0.5, 0.6) is 5.75 Å². The Balaban J connectivity index is 1.78. The summed E-state index contributed by atoms with van der Waals surface area (Å²) in [6, 6.07) is 18.7. The number of benzene rings is 3. The largest absolute Gasteiger partial charge is 0.511 e. The molecular formula is C22H13BrN2O5S. The summed E-state index contributed by atoms with van der Waals surface area (Å²) in [6.45, 7) is 0. The van der Waals surface area contributed by atoms with E-state index in [0.717, 1.165) is 15.7 Å². The third kappa shape index (κ3) is 4.47. The van der Waals surface area contributed by atoms with E-state index in [1.54, 1.807) is 30.3 Å². The Hall–Kier alpha value is -3.56. The fraction of sp³-hybridized carbons (Fsp3) is 0. The Morgan fingerprint density at radius 2 is 1.84 bits per heavy atom. The van der Waals surface area contributed by atoms with Crippen LogP contribution in [0.4, 0.5) is 10.5 Å². The monoisotopic (exact) mass is 496 g/mol. The van der Waals surface area contributed by atoms with Gasteiger partial charge in [0.05, 0.1) is 16.2 Å². The Morgan fingerprint density at radius 1 is 1.03 bits per heavy atom. The lowest BCUT2D eigenvalue weighted by atomic mass is 10.0. The molecule has 31 heavy (non-hydrogen) atoms. The van der Waals surface area contributed by atoms with Gasteiger partial charge in [-0.3, -0.25) is 10.1 Å². The van der Waals surface area contributed by atoms with E-state index in [2.05, 4.69) is 20.9 Å². The van der Waals surface area contributed by atoms with Crippen molar-refractivity contribution in [3.8, 4) is 38.7 Å². The van der Waals surface area contributed by atoms with Gasteiger partial charge in [-0.25, -0.2) is 9.78 Å². The highest BCUT2D eigenvalue weighted by atomic mass is 79.9. The molecule has 0 unspecified atom stereocenters. The zero-order valence-electron chi connectivity index (χ0n) is 15.7. The summed E-state index contributed by atoms with van der Waals surface area (Å²) in [7, 11) is 0. The van der Waals surface area contributed by atoms with Gasteiger partial charge >= 0.3 is 6.16 Å². The first kappa shape index (κ1) is 20.7. The molecule has 1 N–H and O–H groups in total. The quantitative estimate of drug-likeness (QED) is 0.140. The molecule has 4 aromatic rings. The Labute approximate surface area is 188 Å². The molecule has 0 aliphatic rings. The summed E-state index contributed by atoms with van der Waals surface area (Å²) in [5, 5.41) is 23.2. The highest BCUT2D eigenvalue weighted by Gasteiger charge is 2.20. The molecule has 0 aliphatic heterocycles. The van der Waals surface area contributed by atoms with Gasteiger partial charge in [0, 0.05) is 32.6 Å². The number of thiazole rings is 1. The van der Waals surface area contributed by atoms with Gasteiger partial charge in [0.1, 0.15) is 10.8 Å². The van der Waals surface area contributed by atoms with Gasteiger partial charge in [-0.15, -0.1) is 11.3 Å². The molecule has 0 saturated carbocycles. The van der Waals surface area contributed by atoms with Crippen molar-refractivity contribution in [1.29, 1.82) is 0 Å². The summed E-state index contributed by atoms with van der Waals surface area (Å²) in [4.78, 5) is 26.8. The molecule has 154 valence electrons. The third-order valence-corrected chi connectivity index (χ3v) is 5.83. The number of halogens is 1. The van der Waals surface area contributed by atoms with E-state index in [9.17, 15) is 20.0 Å². The van der Waals surface area contributed by atoms with Crippen LogP contribution in [-0.2, 0) is 0 Å². The molecule has 0 fully saturated rings. The van der Waals surface area contributed by atoms with Crippen LogP contribution in [0.2, 0.25) is 0 Å². The van der Waals surface area contributed by atoms with Gasteiger partial charge in [-0.2, -0.15) is 0 Å². The van der Waals surface area contributed by atoms with E-state index >= 15 is 0 Å². The van der Waals surface area contributed by atoms with Crippen LogP contribution in [0.15, 0.2) is 76.6 Å². The standard InChI is InChI=1S/C22H13BrN2O5S/c23-15-5-3-4-13(10-15)18-12-31-21(24-18)14-8-9-17(20(11-14)30-22(26)27)16-6-1-2-7-19(16)25(28)29/h1-12H,(H,26,27). The third-order valence-electron chi connectivity index (χ3n) is 4.44. The minimum Gasteiger partial charge on any atom is -0.449 e. The highest BCUT2D eigenvalue weighted by molar-refractivity contribution is 9.10. The van der Waals surface area contributed by atoms with E-state index in [1.165, 1.54) is 23.5 Å². The number of hydrogen-bond acceptors (Lipinski definition) is 6. The van der Waals surface area contributed by atoms with E-state index in [0.29, 0.717) is 16.1 Å². The molecule has 1 aromatic heterocycles. The summed E-state index contributed by atoms with van der Waals surface area (Å²) < 4.78 is 5.90. The number of rotatable bonds is 5. The van der Waals surface area contributed by atoms with Crippen molar-refractivity contribution in [2.75, 3.05) is 0 Å². The molecule has 0 bridgehead atoms. The van der Waals surface area contributed by atoms with Gasteiger partial charge < -0.3 is 9.84 Å². The number of carboxylic acid groups (broad SMARTS) is 1. The van der Waals surface area contributed by atoms with Crippen LogP contribution in [0.25, 0.3) is 33.0 Å². The van der Waals surface area contributed by atoms with Crippen LogP contribution >= 0.6 is 27.3 Å². The van der Waals surface area contributed by atoms with Gasteiger partial charge in [0.2, 0.25) is 0 Å². The predicted octanol–water partition coefficient (Wildman–Crippen LogP) is 6.87. The normalized spacial score (nSPS) is 10.6. The zero-order chi connectivity index (χ0) is 22.0. The SMILES string of the molecule is O=C(O)Oc1cc(-c2nc(-c3cccc(Br)c3)cs2)ccc1-c1ccccc1[N+](=O)[O-]. The van der Waals surface area contributed by atoms with Gasteiger partial charge in [-0.1, -0.05) is 46.3 Å². The molecule has 0 aliphatic carbocycles. The minimum atomic E-state index is -1.51. The highest BCUT2D eigenvalue weighted by Crippen LogP contribution is 2.39. The first-order valence-electron chi connectivity index (χ1n) is 8.93. The average molecular weight is 497 g/mol. The topological polar surface area (TPSA) is 103 Å². The maximum absolute atomic E-state index is 11.4. The lowest BCUT2D eigenvalue weighted by Crippen LogP contribution is -2.05. The molecule has 0 atom stereocenters. The number of carbonyl (C=O) groups is 1. The number of aromatic nitrogens is 1. The van der Waals surface area contributed by atoms with E-state index in [-0.39, 0.29) is 17.0 Å². The number of nitrogens with zero attached hydrogens (tertiary/aromatic N) is 2. The van der Waals surface area contributed by atoms with Crippen molar-refractivity contribution in [2.45, 2.75) is 0 Å². The van der Waals surface area contributed by atoms with Gasteiger partial charge in [0.25, 0.3) is 5.69 Å². The maximum Gasteiger partial charge on any atom is 0.511 e. The molecule has 0 saturated heterocycles. The zero-order valence-corrected chi connectivity index (χ0v) is 18.1. The molecule has 3 aromatic carbocycles. The van der Waals surface area contributed by atoms with Gasteiger partial charge in [-0.05, 0) is 30.3 Å². The summed E-state index contributed by atoms with van der Waals surface area (Å²) in [5.74, 6) is -0.00138. The summed E-state index contributed by atoms with van der Waals surface area (Å²) in [5.41, 5.74) is 2.80. The second-order valence-corrected chi connectivity index (χ2v) is 8.18. The van der Waals surface area contributed by atoms with Crippen molar-refractivity contribution in [3.05, 3.63) is 86.7 Å². The van der Waals surface area contributed by atoms with E-state index < -0.39 is 11.1 Å². The van der Waals surface area contributed by atoms with E-state index in [1.807, 2.05) is 29.6 Å². The Kier molecular flexibility index (Phi) is 5.79. The first-order valence-corrected chi connectivity index (χ1v) is 10.6. The maximum atomic E-state index is 11.4. The number of nitro benzene ring substituents is 1. The lowest BCUT2D eigenvalue weighted by Gasteiger charge is -2.10. The van der Waals surface area contributed by atoms with Crippen LogP contribution in [0.1, 0.15) is 0 Å². The summed E-state index contributed by atoms with van der Waals surface area (Å²) in [6.07, 6.45) is -1.51. The molecule has 7 nitrogen and oxygen atoms in total. The molecule has 9 heteroatoms. The molecule has 4 rings (SSSR count). The second kappa shape index (κ2) is 8.66. The molecule has 0 radical (unpaired) electrons. The molecule has 1 heterocycles. The second-order valence-electron chi connectivity index (χ2n) is 6.40. The van der Waals surface area contributed by atoms with Crippen molar-refractivity contribution < 1.29 is 19.6 Å². The Bertz CT molecular complexity index is 1300. The van der Waals surface area contributed by atoms with Crippen LogP contribution in [-0.4, -0.2) is 21.2 Å². The Morgan fingerprint density at radius 3 is 2.58 bits per heavy atom. The smallest absolute Gasteiger partial charge is 0.449 e. The number of nitro groups is 1. The van der Waals surface area contributed by atoms with Gasteiger partial charge in [0.15, 0.2) is 0 Å². The first-order chi connectivity index (χ1) is 14.9. The van der Waals surface area contributed by atoms with Crippen molar-refractivity contribution >= 4 is 39.1 Å². The average Bonchev–Trinajstić information content (AvgIpc) is 3.24. The predicted molar refractivity (Wildman–Crippen MR) is 121 cm³/mol. The van der Waals surface area contributed by atoms with E-state index in [4.69, 9.17) is 4.74 Å². The number of hydrogen-bond donors (Lipinski definition) is 1. The molecular weight excluding hydrogens is 484 g/mol. The molecule has 0 spiro atoms. The van der Waals surface area contributed by atoms with Crippen molar-refractivity contribution in [1.82, 2.24) is 4.98 Å². The lowest BCUT2D eigenvalue weighted by molar-refractivity contribution is -0.384. The number of ether oxygens (including phenoxy) is 1. The van der Waals surface area contributed by atoms with Crippen LogP contribution < -0.4 is 4.74 Å². The minimum absolute atomic E-state index is 0.00138. The van der Waals surface area contributed by atoms with Crippen molar-refractivity contribution in [3.63, 3.8) is 0 Å².